The first-order valence-corrected chi connectivity index (χ1v) is 9.97. The Labute approximate surface area is 166 Å². The number of aromatic nitrogens is 1. The second-order valence-electron chi connectivity index (χ2n) is 6.64. The predicted molar refractivity (Wildman–Crippen MR) is 106 cm³/mol. The molecule has 26 heavy (non-hydrogen) atoms. The van der Waals surface area contributed by atoms with E-state index in [9.17, 15) is 9.90 Å². The lowest BCUT2D eigenvalue weighted by atomic mass is 10.0. The number of benzene rings is 1. The van der Waals surface area contributed by atoms with E-state index < -0.39 is 12.1 Å². The quantitative estimate of drug-likeness (QED) is 0.773. The Morgan fingerprint density at radius 3 is 2.85 bits per heavy atom. The number of thiazole rings is 1. The number of nitrogens with zero attached hydrogens (tertiary/aromatic N) is 2. The highest BCUT2D eigenvalue weighted by molar-refractivity contribution is 7.16. The Hall–Kier alpha value is -1.34. The van der Waals surface area contributed by atoms with E-state index in [2.05, 4.69) is 13.8 Å². The number of hydrogen-bond donors (Lipinski definition) is 1. The molecule has 0 amide bonds. The van der Waals surface area contributed by atoms with Crippen molar-refractivity contribution in [3.8, 4) is 11.3 Å². The van der Waals surface area contributed by atoms with Crippen molar-refractivity contribution >= 4 is 45.6 Å². The van der Waals surface area contributed by atoms with Gasteiger partial charge in [-0.3, -0.25) is 0 Å². The van der Waals surface area contributed by atoms with Gasteiger partial charge in [0.2, 0.25) is 0 Å². The molecule has 8 heteroatoms. The fraction of sp³-hybridized carbons (Fsp3) is 0.444. The number of rotatable bonds is 5. The Balaban J connectivity index is 1.96. The molecule has 1 aliphatic rings. The average molecular weight is 415 g/mol. The van der Waals surface area contributed by atoms with E-state index in [1.54, 1.807) is 17.4 Å². The molecule has 2 heterocycles. The second kappa shape index (κ2) is 8.13. The van der Waals surface area contributed by atoms with Crippen LogP contribution in [-0.2, 0) is 16.0 Å². The molecule has 0 bridgehead atoms. The predicted octanol–water partition coefficient (Wildman–Crippen LogP) is 4.61. The van der Waals surface area contributed by atoms with Gasteiger partial charge in [0.1, 0.15) is 0 Å². The summed E-state index contributed by atoms with van der Waals surface area (Å²) in [5.74, 6) is -0.473. The van der Waals surface area contributed by atoms with Crippen LogP contribution >= 0.6 is 34.5 Å². The molecular formula is C18H20Cl2N2O3S. The zero-order valence-electron chi connectivity index (χ0n) is 14.5. The van der Waals surface area contributed by atoms with Gasteiger partial charge >= 0.3 is 5.97 Å². The molecule has 0 radical (unpaired) electrons. The van der Waals surface area contributed by atoms with Crippen LogP contribution in [-0.4, -0.2) is 41.9 Å². The topological polar surface area (TPSA) is 62.7 Å². The van der Waals surface area contributed by atoms with E-state index in [-0.39, 0.29) is 0 Å². The second-order valence-corrected chi connectivity index (χ2v) is 8.52. The number of carboxylic acids is 1. The Bertz CT molecular complexity index is 810. The Kier molecular flexibility index (Phi) is 6.07. The molecule has 3 rings (SSSR count). The molecule has 1 aromatic carbocycles. The molecule has 5 nitrogen and oxygen atoms in total. The van der Waals surface area contributed by atoms with Crippen LogP contribution in [0.3, 0.4) is 0 Å². The van der Waals surface area contributed by atoms with E-state index in [1.807, 2.05) is 17.0 Å². The van der Waals surface area contributed by atoms with Crippen molar-refractivity contribution < 1.29 is 14.6 Å². The third-order valence-electron chi connectivity index (χ3n) is 4.09. The number of morpholine rings is 1. The highest BCUT2D eigenvalue weighted by atomic mass is 35.5. The summed E-state index contributed by atoms with van der Waals surface area (Å²) >= 11 is 13.8. The SMILES string of the molecule is CC(C)Cc1sc(N2CCOC(C(=O)O)C2)nc1-c1ccc(Cl)c(Cl)c1. The van der Waals surface area contributed by atoms with E-state index in [1.165, 1.54) is 0 Å². The number of carbonyl (C=O) groups is 1. The molecule has 0 saturated carbocycles. The van der Waals surface area contributed by atoms with Crippen LogP contribution in [0.2, 0.25) is 10.0 Å². The summed E-state index contributed by atoms with van der Waals surface area (Å²) in [5.41, 5.74) is 1.80. The van der Waals surface area contributed by atoms with E-state index in [0.29, 0.717) is 35.7 Å². The molecule has 0 spiro atoms. The number of ether oxygens (including phenoxy) is 1. The molecule has 1 fully saturated rings. The maximum absolute atomic E-state index is 11.2. The molecule has 1 aromatic heterocycles. The minimum atomic E-state index is -0.946. The zero-order valence-corrected chi connectivity index (χ0v) is 16.9. The maximum Gasteiger partial charge on any atom is 0.334 e. The van der Waals surface area contributed by atoms with Gasteiger partial charge < -0.3 is 14.7 Å². The van der Waals surface area contributed by atoms with Crippen molar-refractivity contribution in [3.63, 3.8) is 0 Å². The lowest BCUT2D eigenvalue weighted by Crippen LogP contribution is -2.46. The Morgan fingerprint density at radius 1 is 1.42 bits per heavy atom. The molecule has 1 N–H and O–H groups in total. The van der Waals surface area contributed by atoms with Crippen LogP contribution in [0.5, 0.6) is 0 Å². The van der Waals surface area contributed by atoms with Gasteiger partial charge in [0.25, 0.3) is 0 Å². The minimum absolute atomic E-state index is 0.296. The summed E-state index contributed by atoms with van der Waals surface area (Å²) in [5, 5.41) is 11.0. The summed E-state index contributed by atoms with van der Waals surface area (Å²) in [4.78, 5) is 19.2. The van der Waals surface area contributed by atoms with Gasteiger partial charge in [-0.25, -0.2) is 9.78 Å². The standard InChI is InChI=1S/C18H20Cl2N2O3S/c1-10(2)7-15-16(11-3-4-12(19)13(20)8-11)21-18(26-15)22-5-6-25-14(9-22)17(23)24/h3-4,8,10,14H,5-7,9H2,1-2H3,(H,23,24). The summed E-state index contributed by atoms with van der Waals surface area (Å²) in [6.45, 7) is 5.61. The highest BCUT2D eigenvalue weighted by Crippen LogP contribution is 2.37. The number of carboxylic acid groups (broad SMARTS) is 1. The van der Waals surface area contributed by atoms with Crippen molar-refractivity contribution in [2.45, 2.75) is 26.4 Å². The van der Waals surface area contributed by atoms with Gasteiger partial charge in [0.15, 0.2) is 11.2 Å². The smallest absolute Gasteiger partial charge is 0.334 e. The van der Waals surface area contributed by atoms with E-state index in [0.717, 1.165) is 27.7 Å². The van der Waals surface area contributed by atoms with Gasteiger partial charge in [-0.2, -0.15) is 0 Å². The number of hydrogen-bond acceptors (Lipinski definition) is 5. The normalized spacial score (nSPS) is 17.7. The summed E-state index contributed by atoms with van der Waals surface area (Å²) in [7, 11) is 0. The fourth-order valence-corrected chi connectivity index (χ4v) is 4.45. The molecular weight excluding hydrogens is 395 g/mol. The van der Waals surface area contributed by atoms with Crippen molar-refractivity contribution in [1.29, 1.82) is 0 Å². The van der Waals surface area contributed by atoms with Crippen molar-refractivity contribution in [1.82, 2.24) is 4.98 Å². The first kappa shape index (κ1) is 19.4. The summed E-state index contributed by atoms with van der Waals surface area (Å²) in [6.07, 6.45) is 0.0644. The fourth-order valence-electron chi connectivity index (χ4n) is 2.83. The molecule has 1 atom stereocenters. The Morgan fingerprint density at radius 2 is 2.19 bits per heavy atom. The molecule has 2 aromatic rings. The van der Waals surface area contributed by atoms with Gasteiger partial charge in [-0.05, 0) is 24.5 Å². The summed E-state index contributed by atoms with van der Waals surface area (Å²) < 4.78 is 5.31. The number of aliphatic carboxylic acids is 1. The van der Waals surface area contributed by atoms with Gasteiger partial charge in [0.05, 0.1) is 28.9 Å². The van der Waals surface area contributed by atoms with Crippen LogP contribution < -0.4 is 4.90 Å². The van der Waals surface area contributed by atoms with Gasteiger partial charge in [-0.15, -0.1) is 11.3 Å². The minimum Gasteiger partial charge on any atom is -0.479 e. The van der Waals surface area contributed by atoms with Crippen LogP contribution in [0.15, 0.2) is 18.2 Å². The van der Waals surface area contributed by atoms with Crippen LogP contribution in [0.1, 0.15) is 18.7 Å². The third kappa shape index (κ3) is 4.31. The van der Waals surface area contributed by atoms with E-state index >= 15 is 0 Å². The van der Waals surface area contributed by atoms with Gasteiger partial charge in [0, 0.05) is 17.0 Å². The molecule has 1 unspecified atom stereocenters. The van der Waals surface area contributed by atoms with Crippen molar-refractivity contribution in [2.75, 3.05) is 24.6 Å². The maximum atomic E-state index is 11.2. The first-order chi connectivity index (χ1) is 12.3. The monoisotopic (exact) mass is 414 g/mol. The number of halogens is 2. The van der Waals surface area contributed by atoms with Crippen LogP contribution in [0.25, 0.3) is 11.3 Å². The van der Waals surface area contributed by atoms with Crippen molar-refractivity contribution in [3.05, 3.63) is 33.1 Å². The summed E-state index contributed by atoms with van der Waals surface area (Å²) in [6, 6.07) is 5.51. The lowest BCUT2D eigenvalue weighted by Gasteiger charge is -2.30. The third-order valence-corrected chi connectivity index (χ3v) is 5.96. The molecule has 1 aliphatic heterocycles. The largest absolute Gasteiger partial charge is 0.479 e. The number of anilines is 1. The molecule has 1 saturated heterocycles. The van der Waals surface area contributed by atoms with Crippen LogP contribution in [0.4, 0.5) is 5.13 Å². The lowest BCUT2D eigenvalue weighted by molar-refractivity contribution is -0.150. The van der Waals surface area contributed by atoms with Crippen LogP contribution in [0, 0.1) is 5.92 Å². The zero-order chi connectivity index (χ0) is 18.8. The molecule has 140 valence electrons. The van der Waals surface area contributed by atoms with E-state index in [4.69, 9.17) is 32.9 Å². The van der Waals surface area contributed by atoms with Gasteiger partial charge in [-0.1, -0.05) is 43.1 Å². The first-order valence-electron chi connectivity index (χ1n) is 8.39. The highest BCUT2D eigenvalue weighted by Gasteiger charge is 2.29. The van der Waals surface area contributed by atoms with Crippen molar-refractivity contribution in [2.24, 2.45) is 5.92 Å². The average Bonchev–Trinajstić information content (AvgIpc) is 3.00. The molecule has 0 aliphatic carbocycles.